The van der Waals surface area contributed by atoms with Crippen LogP contribution in [0, 0.1) is 5.92 Å². The Morgan fingerprint density at radius 3 is 2.80 bits per heavy atom. The lowest BCUT2D eigenvalue weighted by atomic mass is 9.95. The summed E-state index contributed by atoms with van der Waals surface area (Å²) in [6, 6.07) is 0.996. The van der Waals surface area contributed by atoms with Crippen LogP contribution in [-0.4, -0.2) is 26.0 Å². The molecule has 0 radical (unpaired) electrons. The number of hydrogen-bond donors (Lipinski definition) is 2. The molecule has 1 aromatic rings. The van der Waals surface area contributed by atoms with Crippen LogP contribution in [0.1, 0.15) is 29.8 Å². The minimum absolute atomic E-state index is 0.106. The van der Waals surface area contributed by atoms with Gasteiger partial charge in [0.1, 0.15) is 4.90 Å². The predicted molar refractivity (Wildman–Crippen MR) is 75.0 cm³/mol. The number of halogens is 1. The number of hydrogen-bond acceptors (Lipinski definition) is 4. The smallest absolute Gasteiger partial charge is 0.371 e. The number of carboxylic acid groups (broad SMARTS) is 1. The third-order valence-electron chi connectivity index (χ3n) is 3.10. The first kappa shape index (κ1) is 15.3. The van der Waals surface area contributed by atoms with Gasteiger partial charge in [-0.2, -0.15) is 0 Å². The van der Waals surface area contributed by atoms with Crippen LogP contribution in [0.25, 0.3) is 0 Å². The maximum absolute atomic E-state index is 12.1. The first-order chi connectivity index (χ1) is 9.40. The van der Waals surface area contributed by atoms with Crippen LogP contribution >= 0.6 is 15.9 Å². The zero-order chi connectivity index (χ0) is 14.8. The highest BCUT2D eigenvalue weighted by molar-refractivity contribution is 9.10. The van der Waals surface area contributed by atoms with Crippen LogP contribution in [0.3, 0.4) is 0 Å². The molecule has 2 N–H and O–H groups in total. The van der Waals surface area contributed by atoms with Crippen LogP contribution in [-0.2, 0) is 10.0 Å². The summed E-state index contributed by atoms with van der Waals surface area (Å²) in [5, 5.41) is 8.78. The molecule has 0 fully saturated rings. The molecule has 110 valence electrons. The van der Waals surface area contributed by atoms with Crippen LogP contribution in [0.15, 0.2) is 32.2 Å². The van der Waals surface area contributed by atoms with E-state index in [4.69, 9.17) is 9.52 Å². The Morgan fingerprint density at radius 2 is 2.25 bits per heavy atom. The fraction of sp³-hybridized carbons (Fsp3) is 0.417. The molecule has 1 atom stereocenters. The summed E-state index contributed by atoms with van der Waals surface area (Å²) in [5.74, 6) is -1.47. The summed E-state index contributed by atoms with van der Waals surface area (Å²) < 4.78 is 31.5. The van der Waals surface area contributed by atoms with E-state index < -0.39 is 21.8 Å². The van der Waals surface area contributed by atoms with Crippen LogP contribution in [0.2, 0.25) is 0 Å². The monoisotopic (exact) mass is 363 g/mol. The number of carbonyl (C=O) groups is 1. The molecular formula is C12H14BrNO5S. The van der Waals surface area contributed by atoms with E-state index in [-0.39, 0.29) is 15.5 Å². The molecule has 1 aliphatic carbocycles. The Hall–Kier alpha value is -1.12. The number of carboxylic acids is 1. The number of furan rings is 1. The van der Waals surface area contributed by atoms with Crippen molar-refractivity contribution in [3.8, 4) is 0 Å². The van der Waals surface area contributed by atoms with Crippen molar-refractivity contribution in [3.63, 3.8) is 0 Å². The molecule has 1 heterocycles. The first-order valence-electron chi connectivity index (χ1n) is 6.07. The average Bonchev–Trinajstić information content (AvgIpc) is 2.81. The molecule has 0 bridgehead atoms. The third kappa shape index (κ3) is 3.50. The Kier molecular flexibility index (Phi) is 4.66. The summed E-state index contributed by atoms with van der Waals surface area (Å²) in [6.45, 7) is 0.326. The van der Waals surface area contributed by atoms with Crippen molar-refractivity contribution in [2.75, 3.05) is 6.54 Å². The second-order valence-corrected chi connectivity index (χ2v) is 7.01. The topological polar surface area (TPSA) is 96.6 Å². The number of nitrogens with one attached hydrogen (secondary N) is 1. The van der Waals surface area contributed by atoms with E-state index in [0.717, 1.165) is 25.3 Å². The highest BCUT2D eigenvalue weighted by Gasteiger charge is 2.25. The lowest BCUT2D eigenvalue weighted by Gasteiger charge is -2.17. The van der Waals surface area contributed by atoms with Gasteiger partial charge in [0.25, 0.3) is 0 Å². The fourth-order valence-electron chi connectivity index (χ4n) is 1.99. The van der Waals surface area contributed by atoms with Crippen LogP contribution < -0.4 is 4.72 Å². The summed E-state index contributed by atoms with van der Waals surface area (Å²) in [6.07, 6.45) is 6.85. The van der Waals surface area contributed by atoms with Crippen molar-refractivity contribution in [2.45, 2.75) is 24.2 Å². The van der Waals surface area contributed by atoms with Crippen LogP contribution in [0.4, 0.5) is 0 Å². The molecule has 2 rings (SSSR count). The van der Waals surface area contributed by atoms with Crippen molar-refractivity contribution in [1.82, 2.24) is 4.72 Å². The molecule has 0 saturated heterocycles. The Bertz CT molecular complexity index is 634. The molecule has 0 aliphatic heterocycles. The molecule has 1 aliphatic rings. The molecule has 6 nitrogen and oxygen atoms in total. The molecule has 0 aromatic carbocycles. The van der Waals surface area contributed by atoms with Gasteiger partial charge >= 0.3 is 5.97 Å². The van der Waals surface area contributed by atoms with E-state index in [1.165, 1.54) is 0 Å². The van der Waals surface area contributed by atoms with Crippen LogP contribution in [0.5, 0.6) is 0 Å². The summed E-state index contributed by atoms with van der Waals surface area (Å²) in [7, 11) is -3.78. The number of aromatic carboxylic acids is 1. The lowest BCUT2D eigenvalue weighted by Crippen LogP contribution is -2.29. The SMILES string of the molecule is O=C(O)c1cc(S(=O)(=O)NCC2CC=CCC2)c(Br)o1. The highest BCUT2D eigenvalue weighted by atomic mass is 79.9. The van der Waals surface area contributed by atoms with Crippen molar-refractivity contribution < 1.29 is 22.7 Å². The molecular weight excluding hydrogens is 350 g/mol. The van der Waals surface area contributed by atoms with Gasteiger partial charge in [0, 0.05) is 12.6 Å². The van der Waals surface area contributed by atoms with Gasteiger partial charge in [0.05, 0.1) is 0 Å². The molecule has 8 heteroatoms. The van der Waals surface area contributed by atoms with Crippen molar-refractivity contribution in [1.29, 1.82) is 0 Å². The summed E-state index contributed by atoms with van der Waals surface area (Å²) in [4.78, 5) is 10.6. The normalized spacial score (nSPS) is 19.1. The van der Waals surface area contributed by atoms with E-state index in [2.05, 4.69) is 26.7 Å². The van der Waals surface area contributed by atoms with Crippen molar-refractivity contribution in [3.05, 3.63) is 28.6 Å². The zero-order valence-electron chi connectivity index (χ0n) is 10.5. The number of allylic oxidation sites excluding steroid dienone is 2. The standard InChI is InChI=1S/C12H14BrNO5S/c13-11-10(6-9(19-11)12(15)16)20(17,18)14-7-8-4-2-1-3-5-8/h1-2,6,8,14H,3-5,7H2,(H,15,16). The van der Waals surface area contributed by atoms with Gasteiger partial charge in [-0.1, -0.05) is 12.2 Å². The largest absolute Gasteiger partial charge is 0.475 e. The molecule has 0 saturated carbocycles. The Morgan fingerprint density at radius 1 is 1.50 bits per heavy atom. The van der Waals surface area contributed by atoms with Crippen molar-refractivity contribution >= 4 is 31.9 Å². The average molecular weight is 364 g/mol. The maximum Gasteiger partial charge on any atom is 0.371 e. The number of rotatable bonds is 5. The van der Waals surface area contributed by atoms with Gasteiger partial charge in [-0.05, 0) is 41.1 Å². The Balaban J connectivity index is 2.09. The van der Waals surface area contributed by atoms with Gasteiger partial charge in [-0.25, -0.2) is 17.9 Å². The third-order valence-corrected chi connectivity index (χ3v) is 5.38. The van der Waals surface area contributed by atoms with E-state index in [0.29, 0.717) is 6.54 Å². The van der Waals surface area contributed by atoms with Gasteiger partial charge in [-0.15, -0.1) is 0 Å². The van der Waals surface area contributed by atoms with Crippen molar-refractivity contribution in [2.24, 2.45) is 5.92 Å². The quantitative estimate of drug-likeness (QED) is 0.782. The van der Waals surface area contributed by atoms with Gasteiger partial charge in [-0.3, -0.25) is 0 Å². The second kappa shape index (κ2) is 6.11. The second-order valence-electron chi connectivity index (χ2n) is 4.56. The molecule has 1 unspecified atom stereocenters. The minimum Gasteiger partial charge on any atom is -0.475 e. The molecule has 20 heavy (non-hydrogen) atoms. The summed E-state index contributed by atoms with van der Waals surface area (Å²) in [5.41, 5.74) is 0. The minimum atomic E-state index is -3.78. The number of sulfonamides is 1. The maximum atomic E-state index is 12.1. The van der Waals surface area contributed by atoms with E-state index >= 15 is 0 Å². The summed E-state index contributed by atoms with van der Waals surface area (Å²) >= 11 is 2.93. The molecule has 0 amide bonds. The molecule has 0 spiro atoms. The first-order valence-corrected chi connectivity index (χ1v) is 8.35. The van der Waals surface area contributed by atoms with Gasteiger partial charge in [0.15, 0.2) is 4.67 Å². The molecule has 1 aromatic heterocycles. The van der Waals surface area contributed by atoms with Gasteiger partial charge in [0.2, 0.25) is 15.8 Å². The Labute approximate surface area is 125 Å². The van der Waals surface area contributed by atoms with Gasteiger partial charge < -0.3 is 9.52 Å². The predicted octanol–water partition coefficient (Wildman–Crippen LogP) is 2.37. The van der Waals surface area contributed by atoms with E-state index in [9.17, 15) is 13.2 Å². The lowest BCUT2D eigenvalue weighted by molar-refractivity contribution is 0.0661. The fourth-order valence-corrected chi connectivity index (χ4v) is 4.04. The zero-order valence-corrected chi connectivity index (χ0v) is 12.9. The van der Waals surface area contributed by atoms with E-state index in [1.54, 1.807) is 0 Å². The van der Waals surface area contributed by atoms with E-state index in [1.807, 2.05) is 6.08 Å². The highest BCUT2D eigenvalue weighted by Crippen LogP contribution is 2.26.